The third-order valence-corrected chi connectivity index (χ3v) is 4.75. The third kappa shape index (κ3) is 4.60. The highest BCUT2D eigenvalue weighted by molar-refractivity contribution is 6.46. The molecular formula is C21H19FN2O7. The summed E-state index contributed by atoms with van der Waals surface area (Å²) in [5, 5.41) is 30.7. The number of ketones is 1. The number of aliphatic hydroxyl groups is 2. The average molecular weight is 430 g/mol. The fourth-order valence-electron chi connectivity index (χ4n) is 3.39. The normalized spacial score (nSPS) is 17.9. The second-order valence-electron chi connectivity index (χ2n) is 6.69. The molecule has 9 nitrogen and oxygen atoms in total. The van der Waals surface area contributed by atoms with Gasteiger partial charge < -0.3 is 19.8 Å². The van der Waals surface area contributed by atoms with E-state index in [1.807, 2.05) is 0 Å². The van der Waals surface area contributed by atoms with Crippen molar-refractivity contribution in [1.82, 2.24) is 4.90 Å². The highest BCUT2D eigenvalue weighted by Gasteiger charge is 2.46. The Morgan fingerprint density at radius 3 is 2.58 bits per heavy atom. The number of benzene rings is 2. The third-order valence-electron chi connectivity index (χ3n) is 4.75. The Kier molecular flexibility index (Phi) is 6.73. The first kappa shape index (κ1) is 22.1. The zero-order valence-corrected chi connectivity index (χ0v) is 16.2. The van der Waals surface area contributed by atoms with Crippen molar-refractivity contribution in [1.29, 1.82) is 0 Å². The second-order valence-corrected chi connectivity index (χ2v) is 6.69. The summed E-state index contributed by atoms with van der Waals surface area (Å²) in [6.07, 6.45) is 0. The molecule has 0 bridgehead atoms. The molecule has 0 saturated carbocycles. The van der Waals surface area contributed by atoms with Crippen LogP contribution in [0.4, 0.5) is 10.1 Å². The lowest BCUT2D eigenvalue weighted by molar-refractivity contribution is -0.384. The summed E-state index contributed by atoms with van der Waals surface area (Å²) >= 11 is 0. The van der Waals surface area contributed by atoms with Crippen LogP contribution in [0.1, 0.15) is 17.2 Å². The molecule has 1 saturated heterocycles. The Bertz CT molecular complexity index is 1050. The van der Waals surface area contributed by atoms with Gasteiger partial charge >= 0.3 is 0 Å². The van der Waals surface area contributed by atoms with E-state index in [-0.39, 0.29) is 48.8 Å². The average Bonchev–Trinajstić information content (AvgIpc) is 3.01. The van der Waals surface area contributed by atoms with Gasteiger partial charge in [0.2, 0.25) is 0 Å². The molecule has 1 aliphatic rings. The lowest BCUT2D eigenvalue weighted by Gasteiger charge is -2.25. The number of nitrogens with zero attached hydrogens (tertiary/aromatic N) is 2. The monoisotopic (exact) mass is 430 g/mol. The molecule has 2 aromatic carbocycles. The standard InChI is InChI=1S/C21H19FN2O7/c22-15-5-1-3-13(11-15)18-17(19(26)14-4-2-6-16(12-14)24(29)30)20(27)21(28)23(18)7-9-31-10-8-25/h1-6,11-12,18,25-26H,7-10H2/b19-17-. The number of likely N-dealkylation sites (tertiary alicyclic amines) is 1. The first-order chi connectivity index (χ1) is 14.8. The minimum Gasteiger partial charge on any atom is -0.507 e. The fraction of sp³-hybridized carbons (Fsp3) is 0.238. The van der Waals surface area contributed by atoms with Crippen LogP contribution in [0.15, 0.2) is 54.1 Å². The summed E-state index contributed by atoms with van der Waals surface area (Å²) in [6.45, 7) is -0.255. The van der Waals surface area contributed by atoms with Gasteiger partial charge in [-0.25, -0.2) is 4.39 Å². The Labute approximate surface area is 176 Å². The highest BCUT2D eigenvalue weighted by Crippen LogP contribution is 2.39. The number of non-ortho nitro benzene ring substituents is 1. The predicted molar refractivity (Wildman–Crippen MR) is 106 cm³/mol. The van der Waals surface area contributed by atoms with Crippen LogP contribution in [0.5, 0.6) is 0 Å². The van der Waals surface area contributed by atoms with Crippen LogP contribution < -0.4 is 0 Å². The maximum Gasteiger partial charge on any atom is 0.295 e. The van der Waals surface area contributed by atoms with Crippen molar-refractivity contribution in [2.45, 2.75) is 6.04 Å². The molecule has 162 valence electrons. The minimum atomic E-state index is -1.12. The summed E-state index contributed by atoms with van der Waals surface area (Å²) < 4.78 is 19.1. The van der Waals surface area contributed by atoms with E-state index in [9.17, 15) is 29.2 Å². The van der Waals surface area contributed by atoms with Crippen molar-refractivity contribution >= 4 is 23.1 Å². The molecule has 31 heavy (non-hydrogen) atoms. The number of Topliss-reactive ketones (excluding diaryl/α,β-unsaturated/α-hetero) is 1. The number of aliphatic hydroxyl groups excluding tert-OH is 2. The number of rotatable bonds is 8. The van der Waals surface area contributed by atoms with Gasteiger partial charge in [0.1, 0.15) is 11.6 Å². The van der Waals surface area contributed by atoms with Crippen molar-refractivity contribution in [3.8, 4) is 0 Å². The van der Waals surface area contributed by atoms with Crippen molar-refractivity contribution in [3.05, 3.63) is 81.2 Å². The van der Waals surface area contributed by atoms with E-state index in [2.05, 4.69) is 0 Å². The minimum absolute atomic E-state index is 0.00372. The molecule has 0 aliphatic carbocycles. The van der Waals surface area contributed by atoms with E-state index in [0.29, 0.717) is 0 Å². The van der Waals surface area contributed by atoms with Gasteiger partial charge in [-0.15, -0.1) is 0 Å². The lowest BCUT2D eigenvalue weighted by atomic mass is 9.95. The van der Waals surface area contributed by atoms with E-state index in [4.69, 9.17) is 9.84 Å². The summed E-state index contributed by atoms with van der Waals surface area (Å²) in [5.41, 5.74) is -0.394. The van der Waals surface area contributed by atoms with Gasteiger partial charge in [0, 0.05) is 24.2 Å². The molecule has 0 aromatic heterocycles. The Hall–Kier alpha value is -3.63. The zero-order chi connectivity index (χ0) is 22.5. The number of carbonyl (C=O) groups is 2. The van der Waals surface area contributed by atoms with Gasteiger partial charge in [-0.1, -0.05) is 24.3 Å². The molecule has 1 atom stereocenters. The van der Waals surface area contributed by atoms with E-state index in [1.165, 1.54) is 36.4 Å². The molecule has 1 aliphatic heterocycles. The van der Waals surface area contributed by atoms with Gasteiger partial charge in [-0.2, -0.15) is 0 Å². The van der Waals surface area contributed by atoms with Crippen molar-refractivity contribution in [3.63, 3.8) is 0 Å². The molecule has 10 heteroatoms. The Morgan fingerprint density at radius 1 is 1.16 bits per heavy atom. The first-order valence-electron chi connectivity index (χ1n) is 9.32. The number of halogens is 1. The first-order valence-corrected chi connectivity index (χ1v) is 9.32. The van der Waals surface area contributed by atoms with Crippen LogP contribution in [0.25, 0.3) is 5.76 Å². The van der Waals surface area contributed by atoms with Gasteiger partial charge in [-0.05, 0) is 17.7 Å². The summed E-state index contributed by atoms with van der Waals surface area (Å²) in [5.74, 6) is -3.13. The van der Waals surface area contributed by atoms with E-state index in [0.717, 1.165) is 17.0 Å². The Balaban J connectivity index is 2.10. The van der Waals surface area contributed by atoms with Crippen LogP contribution in [0.3, 0.4) is 0 Å². The smallest absolute Gasteiger partial charge is 0.295 e. The molecule has 1 amide bonds. The van der Waals surface area contributed by atoms with Gasteiger partial charge in [0.25, 0.3) is 17.4 Å². The van der Waals surface area contributed by atoms with Crippen LogP contribution in [0, 0.1) is 15.9 Å². The maximum absolute atomic E-state index is 13.9. The maximum atomic E-state index is 13.9. The summed E-state index contributed by atoms with van der Waals surface area (Å²) in [6, 6.07) is 9.12. The SMILES string of the molecule is O=C1C(=O)N(CCOCCO)C(c2cccc(F)c2)/C1=C(/O)c1cccc([N+](=O)[O-])c1. The number of amides is 1. The number of carbonyl (C=O) groups excluding carboxylic acids is 2. The van der Waals surface area contributed by atoms with Gasteiger partial charge in [-0.3, -0.25) is 19.7 Å². The lowest BCUT2D eigenvalue weighted by Crippen LogP contribution is -2.33. The summed E-state index contributed by atoms with van der Waals surface area (Å²) in [4.78, 5) is 37.0. The molecule has 2 aromatic rings. The van der Waals surface area contributed by atoms with E-state index >= 15 is 0 Å². The quantitative estimate of drug-likeness (QED) is 0.164. The topological polar surface area (TPSA) is 130 Å². The van der Waals surface area contributed by atoms with Gasteiger partial charge in [0.15, 0.2) is 0 Å². The molecule has 1 heterocycles. The molecule has 2 N–H and O–H groups in total. The van der Waals surface area contributed by atoms with Crippen LogP contribution >= 0.6 is 0 Å². The second kappa shape index (κ2) is 9.45. The molecule has 0 spiro atoms. The molecule has 1 fully saturated rings. The number of hydrogen-bond donors (Lipinski definition) is 2. The molecule has 0 radical (unpaired) electrons. The van der Waals surface area contributed by atoms with E-state index in [1.54, 1.807) is 0 Å². The number of nitro benzene ring substituents is 1. The summed E-state index contributed by atoms with van der Waals surface area (Å²) in [7, 11) is 0. The van der Waals surface area contributed by atoms with Crippen molar-refractivity contribution < 1.29 is 33.9 Å². The van der Waals surface area contributed by atoms with Crippen molar-refractivity contribution in [2.75, 3.05) is 26.4 Å². The number of ether oxygens (including phenoxy) is 1. The van der Waals surface area contributed by atoms with Crippen LogP contribution in [0.2, 0.25) is 0 Å². The fourth-order valence-corrected chi connectivity index (χ4v) is 3.39. The Morgan fingerprint density at radius 2 is 1.90 bits per heavy atom. The number of hydrogen-bond acceptors (Lipinski definition) is 7. The largest absolute Gasteiger partial charge is 0.507 e. The zero-order valence-electron chi connectivity index (χ0n) is 16.2. The van der Waals surface area contributed by atoms with Crippen molar-refractivity contribution in [2.24, 2.45) is 0 Å². The van der Waals surface area contributed by atoms with Crippen LogP contribution in [-0.2, 0) is 14.3 Å². The molecule has 1 unspecified atom stereocenters. The highest BCUT2D eigenvalue weighted by atomic mass is 19.1. The predicted octanol–water partition coefficient (Wildman–Crippen LogP) is 2.16. The van der Waals surface area contributed by atoms with E-state index < -0.39 is 34.2 Å². The number of nitro groups is 1. The molecule has 3 rings (SSSR count). The molecular weight excluding hydrogens is 411 g/mol. The van der Waals surface area contributed by atoms with Gasteiger partial charge in [0.05, 0.1) is 36.4 Å². The van der Waals surface area contributed by atoms with Crippen LogP contribution in [-0.4, -0.2) is 58.1 Å².